The molecule has 2 aromatic rings. The molecule has 0 bridgehead atoms. The zero-order valence-corrected chi connectivity index (χ0v) is 10.3. The van der Waals surface area contributed by atoms with Gasteiger partial charge in [0.25, 0.3) is 5.91 Å². The Hall–Kier alpha value is -2.35. The topological polar surface area (TPSA) is 98.7 Å². The Kier molecular flexibility index (Phi) is 3.28. The summed E-state index contributed by atoms with van der Waals surface area (Å²) in [5.74, 6) is 0.0300. The van der Waals surface area contributed by atoms with E-state index in [-0.39, 0.29) is 10.7 Å². The number of anilines is 1. The summed E-state index contributed by atoms with van der Waals surface area (Å²) in [5, 5.41) is 6.63. The molecule has 0 aliphatic carbocycles. The molecule has 7 nitrogen and oxygen atoms in total. The molecule has 0 fully saturated rings. The van der Waals surface area contributed by atoms with E-state index >= 15 is 0 Å². The normalized spacial score (nSPS) is 10.1. The molecule has 0 saturated heterocycles. The Morgan fingerprint density at radius 1 is 1.44 bits per heavy atom. The number of nitrogens with one attached hydrogen (secondary N) is 1. The van der Waals surface area contributed by atoms with Gasteiger partial charge >= 0.3 is 0 Å². The van der Waals surface area contributed by atoms with Crippen LogP contribution in [0.2, 0.25) is 0 Å². The highest BCUT2D eigenvalue weighted by molar-refractivity contribution is 7.80. The van der Waals surface area contributed by atoms with Gasteiger partial charge in [-0.1, -0.05) is 12.2 Å². The van der Waals surface area contributed by atoms with Crippen LogP contribution >= 0.6 is 12.2 Å². The van der Waals surface area contributed by atoms with E-state index in [2.05, 4.69) is 20.4 Å². The Morgan fingerprint density at radius 3 is 2.83 bits per heavy atom. The van der Waals surface area contributed by atoms with Crippen LogP contribution in [0.3, 0.4) is 0 Å². The highest BCUT2D eigenvalue weighted by Crippen LogP contribution is 2.14. The van der Waals surface area contributed by atoms with Crippen LogP contribution < -0.4 is 11.1 Å². The maximum absolute atomic E-state index is 11.9. The first-order valence-corrected chi connectivity index (χ1v) is 5.39. The summed E-state index contributed by atoms with van der Waals surface area (Å²) in [7, 11) is 1.67. The van der Waals surface area contributed by atoms with E-state index in [1.807, 2.05) is 0 Å². The zero-order valence-electron chi connectivity index (χ0n) is 9.49. The van der Waals surface area contributed by atoms with Crippen molar-refractivity contribution in [2.75, 3.05) is 5.32 Å². The third-order valence-corrected chi connectivity index (χ3v) is 2.45. The Balaban J connectivity index is 2.27. The molecule has 2 heterocycles. The lowest BCUT2D eigenvalue weighted by atomic mass is 10.3. The summed E-state index contributed by atoms with van der Waals surface area (Å²) in [6.07, 6.45) is 5.79. The fourth-order valence-corrected chi connectivity index (χ4v) is 1.50. The van der Waals surface area contributed by atoms with E-state index < -0.39 is 5.91 Å². The first kappa shape index (κ1) is 12.1. The predicted molar refractivity (Wildman–Crippen MR) is 69.1 cm³/mol. The molecule has 0 atom stereocenters. The predicted octanol–water partition coefficient (Wildman–Crippen LogP) is 0.0966. The first-order chi connectivity index (χ1) is 8.59. The number of hydrogen-bond donors (Lipinski definition) is 2. The Morgan fingerprint density at radius 2 is 2.22 bits per heavy atom. The van der Waals surface area contributed by atoms with Crippen LogP contribution in [0.15, 0.2) is 24.8 Å². The summed E-state index contributed by atoms with van der Waals surface area (Å²) in [4.78, 5) is 19.8. The van der Waals surface area contributed by atoms with Gasteiger partial charge in [0, 0.05) is 19.4 Å². The molecule has 2 aromatic heterocycles. The molecule has 0 aromatic carbocycles. The van der Waals surface area contributed by atoms with Crippen LogP contribution in [-0.4, -0.2) is 30.6 Å². The third-order valence-electron chi connectivity index (χ3n) is 2.23. The lowest BCUT2D eigenvalue weighted by molar-refractivity contribution is 0.102. The average Bonchev–Trinajstić information content (AvgIpc) is 2.72. The van der Waals surface area contributed by atoms with Gasteiger partial charge in [-0.25, -0.2) is 4.98 Å². The summed E-state index contributed by atoms with van der Waals surface area (Å²) in [6.45, 7) is 0. The SMILES string of the molecule is Cn1ncc(C(N)=S)c1NC(=O)c1cnccn1. The van der Waals surface area contributed by atoms with Gasteiger partial charge in [0.15, 0.2) is 0 Å². The van der Waals surface area contributed by atoms with Gasteiger partial charge in [-0.2, -0.15) is 5.10 Å². The maximum atomic E-state index is 11.9. The third kappa shape index (κ3) is 2.33. The van der Waals surface area contributed by atoms with Crippen molar-refractivity contribution >= 4 is 28.9 Å². The van der Waals surface area contributed by atoms with E-state index in [0.717, 1.165) is 0 Å². The number of aromatic nitrogens is 4. The van der Waals surface area contributed by atoms with E-state index in [9.17, 15) is 4.79 Å². The van der Waals surface area contributed by atoms with Gasteiger partial charge in [0.05, 0.1) is 18.0 Å². The van der Waals surface area contributed by atoms with Crippen molar-refractivity contribution in [3.63, 3.8) is 0 Å². The molecule has 3 N–H and O–H groups in total. The molecule has 0 unspecified atom stereocenters. The van der Waals surface area contributed by atoms with Crippen LogP contribution in [0.1, 0.15) is 16.1 Å². The molecule has 0 radical (unpaired) electrons. The van der Waals surface area contributed by atoms with Crippen molar-refractivity contribution in [3.05, 3.63) is 36.0 Å². The summed E-state index contributed by atoms with van der Waals surface area (Å²) < 4.78 is 1.47. The largest absolute Gasteiger partial charge is 0.389 e. The number of carbonyl (C=O) groups is 1. The Bertz CT molecular complexity index is 594. The van der Waals surface area contributed by atoms with Crippen molar-refractivity contribution in [3.8, 4) is 0 Å². The van der Waals surface area contributed by atoms with Gasteiger partial charge in [-0.15, -0.1) is 0 Å². The van der Waals surface area contributed by atoms with Crippen molar-refractivity contribution in [2.45, 2.75) is 0 Å². The van der Waals surface area contributed by atoms with E-state index in [1.54, 1.807) is 7.05 Å². The van der Waals surface area contributed by atoms with E-state index in [0.29, 0.717) is 11.4 Å². The fraction of sp³-hybridized carbons (Fsp3) is 0.100. The number of hydrogen-bond acceptors (Lipinski definition) is 5. The molecule has 0 aliphatic rings. The standard InChI is InChI=1S/C10H10N6OS/c1-16-9(6(4-14-16)8(11)18)15-10(17)7-5-12-2-3-13-7/h2-5H,1H3,(H2,11,18)(H,15,17). The highest BCUT2D eigenvalue weighted by atomic mass is 32.1. The van der Waals surface area contributed by atoms with Crippen LogP contribution in [0.4, 0.5) is 5.82 Å². The van der Waals surface area contributed by atoms with Crippen molar-refractivity contribution in [1.29, 1.82) is 0 Å². The molecular weight excluding hydrogens is 252 g/mol. The zero-order chi connectivity index (χ0) is 13.1. The van der Waals surface area contributed by atoms with Crippen LogP contribution in [0, 0.1) is 0 Å². The first-order valence-electron chi connectivity index (χ1n) is 4.98. The molecular formula is C10H10N6OS. The number of thiocarbonyl (C=S) groups is 1. The molecule has 0 spiro atoms. The number of amides is 1. The Labute approximate surface area is 108 Å². The number of carbonyl (C=O) groups excluding carboxylic acids is 1. The van der Waals surface area contributed by atoms with Gasteiger partial charge in [-0.3, -0.25) is 14.5 Å². The minimum absolute atomic E-state index is 0.164. The lowest BCUT2D eigenvalue weighted by Crippen LogP contribution is -2.19. The average molecular weight is 262 g/mol. The van der Waals surface area contributed by atoms with Crippen molar-refractivity contribution < 1.29 is 4.79 Å². The van der Waals surface area contributed by atoms with Crippen LogP contribution in [0.5, 0.6) is 0 Å². The molecule has 2 rings (SSSR count). The minimum Gasteiger partial charge on any atom is -0.389 e. The van der Waals surface area contributed by atoms with E-state index in [1.165, 1.54) is 29.5 Å². The molecule has 8 heteroatoms. The second kappa shape index (κ2) is 4.88. The van der Waals surface area contributed by atoms with Gasteiger partial charge in [0.2, 0.25) is 0 Å². The summed E-state index contributed by atoms with van der Waals surface area (Å²) in [6, 6.07) is 0. The molecule has 1 amide bonds. The molecule has 0 saturated carbocycles. The van der Waals surface area contributed by atoms with Crippen molar-refractivity contribution in [1.82, 2.24) is 19.7 Å². The number of nitrogens with two attached hydrogens (primary N) is 1. The summed E-state index contributed by atoms with van der Waals surface area (Å²) >= 11 is 4.88. The number of nitrogens with zero attached hydrogens (tertiary/aromatic N) is 4. The van der Waals surface area contributed by atoms with Gasteiger partial charge in [0.1, 0.15) is 16.5 Å². The smallest absolute Gasteiger partial charge is 0.277 e. The second-order valence-corrected chi connectivity index (χ2v) is 3.88. The maximum Gasteiger partial charge on any atom is 0.277 e. The van der Waals surface area contributed by atoms with Crippen LogP contribution in [0.25, 0.3) is 0 Å². The quantitative estimate of drug-likeness (QED) is 0.761. The van der Waals surface area contributed by atoms with Gasteiger partial charge < -0.3 is 11.1 Å². The van der Waals surface area contributed by atoms with E-state index in [4.69, 9.17) is 18.0 Å². The fourth-order valence-electron chi connectivity index (χ4n) is 1.35. The molecule has 0 aliphatic heterocycles. The molecule has 18 heavy (non-hydrogen) atoms. The summed E-state index contributed by atoms with van der Waals surface area (Å²) in [5.41, 5.74) is 6.25. The number of rotatable bonds is 3. The minimum atomic E-state index is -0.399. The number of aryl methyl sites for hydroxylation is 1. The van der Waals surface area contributed by atoms with Crippen LogP contribution in [-0.2, 0) is 7.05 Å². The van der Waals surface area contributed by atoms with Gasteiger partial charge in [-0.05, 0) is 0 Å². The lowest BCUT2D eigenvalue weighted by Gasteiger charge is -2.06. The monoisotopic (exact) mass is 262 g/mol. The highest BCUT2D eigenvalue weighted by Gasteiger charge is 2.15. The molecule has 92 valence electrons. The second-order valence-electron chi connectivity index (χ2n) is 3.44. The van der Waals surface area contributed by atoms with Crippen molar-refractivity contribution in [2.24, 2.45) is 12.8 Å².